The molecule has 3 aromatic heterocycles. The van der Waals surface area contributed by atoms with Crippen molar-refractivity contribution in [1.29, 1.82) is 0 Å². The molecular formula is C36H24N4. The predicted molar refractivity (Wildman–Crippen MR) is 164 cm³/mol. The van der Waals surface area contributed by atoms with Crippen LogP contribution in [0.3, 0.4) is 0 Å². The van der Waals surface area contributed by atoms with Gasteiger partial charge in [-0.3, -0.25) is 0 Å². The molecule has 40 heavy (non-hydrogen) atoms. The largest absolute Gasteiger partial charge is 0.316 e. The van der Waals surface area contributed by atoms with Crippen LogP contribution in [0.5, 0.6) is 0 Å². The number of aromatic nitrogens is 4. The van der Waals surface area contributed by atoms with Gasteiger partial charge in [-0.1, -0.05) is 84.9 Å². The molecular weight excluding hydrogens is 488 g/mol. The highest BCUT2D eigenvalue weighted by atomic mass is 15.0. The van der Waals surface area contributed by atoms with Crippen LogP contribution in [0.25, 0.3) is 66.7 Å². The Labute approximate surface area is 231 Å². The maximum atomic E-state index is 5.18. The Hall–Kier alpha value is -5.48. The van der Waals surface area contributed by atoms with Crippen molar-refractivity contribution >= 4 is 32.7 Å². The smallest absolute Gasteiger partial charge is 0.160 e. The maximum absolute atomic E-state index is 5.18. The second-order valence-electron chi connectivity index (χ2n) is 10.0. The van der Waals surface area contributed by atoms with Gasteiger partial charge >= 0.3 is 0 Å². The van der Waals surface area contributed by atoms with Gasteiger partial charge in [-0.05, 0) is 59.3 Å². The Morgan fingerprint density at radius 1 is 0.450 bits per heavy atom. The van der Waals surface area contributed by atoms with Crippen molar-refractivity contribution in [3.05, 3.63) is 146 Å². The predicted octanol–water partition coefficient (Wildman–Crippen LogP) is 8.85. The SMILES string of the molecule is c1ccc(-c2nc(-c3cc(-n4ccc5ccccc54)cc(-n4ccc5ccccc54)c3)nc3ccccc23)cc1. The number of nitrogens with zero attached hydrogens (tertiary/aromatic N) is 4. The molecule has 0 aliphatic rings. The number of hydrogen-bond donors (Lipinski definition) is 0. The van der Waals surface area contributed by atoms with Crippen molar-refractivity contribution < 1.29 is 0 Å². The van der Waals surface area contributed by atoms with E-state index in [0.717, 1.165) is 50.1 Å². The molecule has 0 saturated carbocycles. The molecule has 0 aliphatic carbocycles. The third-order valence-electron chi connectivity index (χ3n) is 7.57. The van der Waals surface area contributed by atoms with Crippen molar-refractivity contribution in [2.24, 2.45) is 0 Å². The third kappa shape index (κ3) is 3.69. The highest BCUT2D eigenvalue weighted by Crippen LogP contribution is 2.33. The Kier molecular flexibility index (Phi) is 5.10. The molecule has 0 spiro atoms. The lowest BCUT2D eigenvalue weighted by atomic mass is 10.1. The van der Waals surface area contributed by atoms with E-state index in [1.165, 1.54) is 10.8 Å². The standard InChI is InChI=1S/C36H24N4/c1-2-12-27(13-3-1)35-31-14-6-7-15-32(31)37-36(38-35)28-22-29(39-20-18-25-10-4-8-16-33(25)39)24-30(23-28)40-21-19-26-11-5-9-17-34(26)40/h1-24H. The fourth-order valence-corrected chi connectivity index (χ4v) is 5.64. The van der Waals surface area contributed by atoms with E-state index in [-0.39, 0.29) is 0 Å². The van der Waals surface area contributed by atoms with Crippen molar-refractivity contribution in [2.45, 2.75) is 0 Å². The molecule has 5 aromatic carbocycles. The summed E-state index contributed by atoms with van der Waals surface area (Å²) in [6.45, 7) is 0. The lowest BCUT2D eigenvalue weighted by Gasteiger charge is -2.15. The molecule has 8 rings (SSSR count). The van der Waals surface area contributed by atoms with Crippen LogP contribution < -0.4 is 0 Å². The minimum absolute atomic E-state index is 0.702. The molecule has 0 N–H and O–H groups in total. The van der Waals surface area contributed by atoms with Gasteiger partial charge in [0.1, 0.15) is 0 Å². The normalized spacial score (nSPS) is 11.5. The lowest BCUT2D eigenvalue weighted by Crippen LogP contribution is -2.01. The number of hydrogen-bond acceptors (Lipinski definition) is 2. The van der Waals surface area contributed by atoms with Crippen LogP contribution in [0.15, 0.2) is 146 Å². The third-order valence-corrected chi connectivity index (χ3v) is 7.57. The van der Waals surface area contributed by atoms with Crippen molar-refractivity contribution in [1.82, 2.24) is 19.1 Å². The van der Waals surface area contributed by atoms with Crippen LogP contribution in [-0.2, 0) is 0 Å². The maximum Gasteiger partial charge on any atom is 0.160 e. The highest BCUT2D eigenvalue weighted by molar-refractivity contribution is 5.94. The monoisotopic (exact) mass is 512 g/mol. The number of benzene rings is 5. The van der Waals surface area contributed by atoms with Crippen molar-refractivity contribution in [3.8, 4) is 34.0 Å². The summed E-state index contributed by atoms with van der Waals surface area (Å²) in [5, 5.41) is 3.45. The molecule has 4 heteroatoms. The van der Waals surface area contributed by atoms with Crippen LogP contribution in [0.4, 0.5) is 0 Å². The molecule has 0 radical (unpaired) electrons. The summed E-state index contributed by atoms with van der Waals surface area (Å²) in [6.07, 6.45) is 4.27. The van der Waals surface area contributed by atoms with Crippen molar-refractivity contribution in [3.63, 3.8) is 0 Å². The Morgan fingerprint density at radius 2 is 1.02 bits per heavy atom. The minimum atomic E-state index is 0.702. The average molecular weight is 513 g/mol. The molecule has 0 amide bonds. The van der Waals surface area contributed by atoms with E-state index in [0.29, 0.717) is 5.82 Å². The van der Waals surface area contributed by atoms with Crippen LogP contribution in [0.2, 0.25) is 0 Å². The minimum Gasteiger partial charge on any atom is -0.316 e. The zero-order valence-electron chi connectivity index (χ0n) is 21.6. The van der Waals surface area contributed by atoms with Gasteiger partial charge in [0.15, 0.2) is 5.82 Å². The first-order valence-corrected chi connectivity index (χ1v) is 13.4. The summed E-state index contributed by atoms with van der Waals surface area (Å²) in [7, 11) is 0. The lowest BCUT2D eigenvalue weighted by molar-refractivity contribution is 1.08. The molecule has 0 unspecified atom stereocenters. The molecule has 188 valence electrons. The summed E-state index contributed by atoms with van der Waals surface area (Å²) in [4.78, 5) is 10.3. The zero-order chi connectivity index (χ0) is 26.5. The van der Waals surface area contributed by atoms with Gasteiger partial charge in [0.05, 0.1) is 22.2 Å². The molecule has 4 nitrogen and oxygen atoms in total. The first kappa shape index (κ1) is 22.5. The van der Waals surface area contributed by atoms with E-state index in [2.05, 4.69) is 137 Å². The molecule has 8 aromatic rings. The number of rotatable bonds is 4. The summed E-state index contributed by atoms with van der Waals surface area (Å²) < 4.78 is 4.49. The summed E-state index contributed by atoms with van der Waals surface area (Å²) in [5.41, 5.74) is 8.34. The van der Waals surface area contributed by atoms with Gasteiger partial charge < -0.3 is 9.13 Å². The van der Waals surface area contributed by atoms with Crippen molar-refractivity contribution in [2.75, 3.05) is 0 Å². The van der Waals surface area contributed by atoms with Gasteiger partial charge in [0.2, 0.25) is 0 Å². The van der Waals surface area contributed by atoms with Gasteiger partial charge in [-0.2, -0.15) is 0 Å². The molecule has 0 atom stereocenters. The van der Waals surface area contributed by atoms with E-state index in [1.54, 1.807) is 0 Å². The quantitative estimate of drug-likeness (QED) is 0.236. The Bertz CT molecular complexity index is 2080. The van der Waals surface area contributed by atoms with Gasteiger partial charge in [0, 0.05) is 40.3 Å². The van der Waals surface area contributed by atoms with E-state index in [4.69, 9.17) is 9.97 Å². The second-order valence-corrected chi connectivity index (χ2v) is 10.0. The highest BCUT2D eigenvalue weighted by Gasteiger charge is 2.15. The second kappa shape index (κ2) is 9.07. The van der Waals surface area contributed by atoms with E-state index >= 15 is 0 Å². The van der Waals surface area contributed by atoms with Gasteiger partial charge in [-0.25, -0.2) is 9.97 Å². The summed E-state index contributed by atoms with van der Waals surface area (Å²) in [6, 6.07) is 46.5. The Morgan fingerprint density at radius 3 is 1.70 bits per heavy atom. The molecule has 3 heterocycles. The number of para-hydroxylation sites is 3. The van der Waals surface area contributed by atoms with Gasteiger partial charge in [-0.15, -0.1) is 0 Å². The summed E-state index contributed by atoms with van der Waals surface area (Å²) in [5.74, 6) is 0.702. The van der Waals surface area contributed by atoms with E-state index in [1.807, 2.05) is 18.2 Å². The first-order valence-electron chi connectivity index (χ1n) is 13.4. The number of fused-ring (bicyclic) bond motifs is 3. The topological polar surface area (TPSA) is 35.6 Å². The van der Waals surface area contributed by atoms with Crippen LogP contribution >= 0.6 is 0 Å². The van der Waals surface area contributed by atoms with Crippen LogP contribution in [-0.4, -0.2) is 19.1 Å². The fourth-order valence-electron chi connectivity index (χ4n) is 5.64. The molecule has 0 saturated heterocycles. The molecule has 0 fully saturated rings. The Balaban J connectivity index is 1.41. The summed E-state index contributed by atoms with van der Waals surface area (Å²) >= 11 is 0. The molecule has 0 aliphatic heterocycles. The molecule has 0 bridgehead atoms. The fraction of sp³-hybridized carbons (Fsp3) is 0. The van der Waals surface area contributed by atoms with Gasteiger partial charge in [0.25, 0.3) is 0 Å². The van der Waals surface area contributed by atoms with E-state index in [9.17, 15) is 0 Å². The van der Waals surface area contributed by atoms with Crippen LogP contribution in [0.1, 0.15) is 0 Å². The zero-order valence-corrected chi connectivity index (χ0v) is 21.6. The first-order chi connectivity index (χ1) is 19.8. The average Bonchev–Trinajstić information content (AvgIpc) is 3.66. The van der Waals surface area contributed by atoms with Crippen LogP contribution in [0, 0.1) is 0 Å². The van der Waals surface area contributed by atoms with E-state index < -0.39 is 0 Å².